The SMILES string of the molecule is CSc1ccc(/C(=C/c2ccccc2)OC(=O)C(F)(F)F)cc1. The van der Waals surface area contributed by atoms with Crippen LogP contribution in [0.3, 0.4) is 0 Å². The Morgan fingerprint density at radius 3 is 2.17 bits per heavy atom. The van der Waals surface area contributed by atoms with Crippen LogP contribution < -0.4 is 0 Å². The molecule has 0 spiro atoms. The molecule has 0 aliphatic rings. The van der Waals surface area contributed by atoms with Crippen molar-refractivity contribution in [2.45, 2.75) is 11.1 Å². The van der Waals surface area contributed by atoms with Gasteiger partial charge in [-0.2, -0.15) is 13.2 Å². The first-order valence-electron chi connectivity index (χ1n) is 6.60. The monoisotopic (exact) mass is 338 g/mol. The fraction of sp³-hybridized carbons (Fsp3) is 0.118. The Hall–Kier alpha value is -2.21. The second kappa shape index (κ2) is 7.37. The molecule has 0 aromatic heterocycles. The molecule has 2 rings (SSSR count). The topological polar surface area (TPSA) is 26.3 Å². The van der Waals surface area contributed by atoms with Crippen LogP contribution >= 0.6 is 11.8 Å². The molecule has 0 radical (unpaired) electrons. The fourth-order valence-electron chi connectivity index (χ4n) is 1.79. The molecule has 0 atom stereocenters. The van der Waals surface area contributed by atoms with Gasteiger partial charge in [0, 0.05) is 10.5 Å². The molecule has 0 amide bonds. The highest BCUT2D eigenvalue weighted by atomic mass is 32.2. The quantitative estimate of drug-likeness (QED) is 0.339. The molecule has 2 aromatic rings. The van der Waals surface area contributed by atoms with Crippen LogP contribution in [0.5, 0.6) is 0 Å². The molecule has 0 aliphatic heterocycles. The molecule has 0 fully saturated rings. The van der Waals surface area contributed by atoms with Gasteiger partial charge in [-0.15, -0.1) is 11.8 Å². The van der Waals surface area contributed by atoms with Gasteiger partial charge in [0.25, 0.3) is 0 Å². The van der Waals surface area contributed by atoms with E-state index in [-0.39, 0.29) is 5.76 Å². The highest BCUT2D eigenvalue weighted by Gasteiger charge is 2.41. The first-order chi connectivity index (χ1) is 10.9. The Kier molecular flexibility index (Phi) is 5.50. The Labute approximate surface area is 136 Å². The van der Waals surface area contributed by atoms with Gasteiger partial charge in [-0.25, -0.2) is 4.79 Å². The number of carbonyl (C=O) groups is 1. The number of rotatable bonds is 4. The number of carbonyl (C=O) groups excluding carboxylic acids is 1. The highest BCUT2D eigenvalue weighted by molar-refractivity contribution is 7.98. The lowest BCUT2D eigenvalue weighted by Crippen LogP contribution is -2.24. The van der Waals surface area contributed by atoms with Crippen molar-refractivity contribution in [1.82, 2.24) is 0 Å². The third-order valence-corrected chi connectivity index (χ3v) is 3.65. The summed E-state index contributed by atoms with van der Waals surface area (Å²) in [6.45, 7) is 0. The molecule has 0 bridgehead atoms. The molecule has 0 N–H and O–H groups in total. The predicted molar refractivity (Wildman–Crippen MR) is 84.7 cm³/mol. The van der Waals surface area contributed by atoms with Gasteiger partial charge in [-0.05, 0) is 30.0 Å². The Morgan fingerprint density at radius 2 is 1.65 bits per heavy atom. The molecular weight excluding hydrogens is 325 g/mol. The summed E-state index contributed by atoms with van der Waals surface area (Å²) < 4.78 is 42.0. The van der Waals surface area contributed by atoms with Gasteiger partial charge in [-0.3, -0.25) is 0 Å². The van der Waals surface area contributed by atoms with Crippen molar-refractivity contribution in [3.8, 4) is 0 Å². The number of hydrogen-bond acceptors (Lipinski definition) is 3. The summed E-state index contributed by atoms with van der Waals surface area (Å²) in [5.41, 5.74) is 1.02. The van der Waals surface area contributed by atoms with Gasteiger partial charge in [0.05, 0.1) is 0 Å². The molecule has 2 aromatic carbocycles. The number of alkyl halides is 3. The number of esters is 1. The minimum absolute atomic E-state index is 0.147. The zero-order valence-electron chi connectivity index (χ0n) is 12.1. The van der Waals surface area contributed by atoms with Crippen molar-refractivity contribution in [2.75, 3.05) is 6.26 Å². The average molecular weight is 338 g/mol. The van der Waals surface area contributed by atoms with Gasteiger partial charge in [-0.1, -0.05) is 42.5 Å². The van der Waals surface area contributed by atoms with Crippen LogP contribution in [0.25, 0.3) is 11.8 Å². The van der Waals surface area contributed by atoms with E-state index in [1.165, 1.54) is 17.8 Å². The minimum atomic E-state index is -5.05. The summed E-state index contributed by atoms with van der Waals surface area (Å²) >= 11 is 1.50. The van der Waals surface area contributed by atoms with E-state index in [1.807, 2.05) is 6.26 Å². The predicted octanol–water partition coefficient (Wildman–Crippen LogP) is 5.01. The van der Waals surface area contributed by atoms with Crippen molar-refractivity contribution in [2.24, 2.45) is 0 Å². The Balaban J connectivity index is 2.38. The summed E-state index contributed by atoms with van der Waals surface area (Å²) in [6, 6.07) is 15.4. The Bertz CT molecular complexity index is 692. The summed E-state index contributed by atoms with van der Waals surface area (Å²) in [6.07, 6.45) is -1.76. The van der Waals surface area contributed by atoms with Gasteiger partial charge in [0.1, 0.15) is 5.76 Å². The molecule has 0 aliphatic carbocycles. The third kappa shape index (κ3) is 4.89. The van der Waals surface area contributed by atoms with Crippen molar-refractivity contribution < 1.29 is 22.7 Å². The summed E-state index contributed by atoms with van der Waals surface area (Å²) in [7, 11) is 0. The maximum atomic E-state index is 12.5. The van der Waals surface area contributed by atoms with Crippen molar-refractivity contribution in [3.63, 3.8) is 0 Å². The molecule has 0 saturated heterocycles. The fourth-order valence-corrected chi connectivity index (χ4v) is 2.19. The van der Waals surface area contributed by atoms with E-state index in [4.69, 9.17) is 0 Å². The van der Waals surface area contributed by atoms with Crippen LogP contribution in [0.2, 0.25) is 0 Å². The molecule has 120 valence electrons. The number of benzene rings is 2. The van der Waals surface area contributed by atoms with Crippen LogP contribution in [0, 0.1) is 0 Å². The van der Waals surface area contributed by atoms with Crippen LogP contribution in [-0.4, -0.2) is 18.4 Å². The lowest BCUT2D eigenvalue weighted by molar-refractivity contribution is -0.192. The molecule has 0 saturated carbocycles. The summed E-state index contributed by atoms with van der Waals surface area (Å²) in [4.78, 5) is 12.1. The molecule has 0 heterocycles. The average Bonchev–Trinajstić information content (AvgIpc) is 2.54. The maximum Gasteiger partial charge on any atom is 0.491 e. The maximum absolute atomic E-state index is 12.5. The van der Waals surface area contributed by atoms with Gasteiger partial charge >= 0.3 is 12.1 Å². The standard InChI is InChI=1S/C17H13F3O2S/c1-23-14-9-7-13(8-10-14)15(22-16(21)17(18,19)20)11-12-5-3-2-4-6-12/h2-11H,1H3/b15-11-. The minimum Gasteiger partial charge on any atom is -0.419 e. The lowest BCUT2D eigenvalue weighted by Gasteiger charge is -2.11. The molecule has 23 heavy (non-hydrogen) atoms. The van der Waals surface area contributed by atoms with Crippen molar-refractivity contribution in [3.05, 3.63) is 65.7 Å². The zero-order valence-corrected chi connectivity index (χ0v) is 12.9. The second-order valence-electron chi connectivity index (χ2n) is 4.54. The van der Waals surface area contributed by atoms with E-state index in [0.29, 0.717) is 11.1 Å². The van der Waals surface area contributed by atoms with Gasteiger partial charge < -0.3 is 4.74 Å². The number of ether oxygens (including phenoxy) is 1. The molecule has 0 unspecified atom stereocenters. The van der Waals surface area contributed by atoms with Gasteiger partial charge in [0.2, 0.25) is 0 Å². The van der Waals surface area contributed by atoms with Crippen LogP contribution in [-0.2, 0) is 9.53 Å². The molecular formula is C17H13F3O2S. The van der Waals surface area contributed by atoms with Crippen LogP contribution in [0.15, 0.2) is 59.5 Å². The van der Waals surface area contributed by atoms with Crippen LogP contribution in [0.4, 0.5) is 13.2 Å². The highest BCUT2D eigenvalue weighted by Crippen LogP contribution is 2.26. The summed E-state index contributed by atoms with van der Waals surface area (Å²) in [5.74, 6) is -2.39. The Morgan fingerprint density at radius 1 is 1.04 bits per heavy atom. The van der Waals surface area contributed by atoms with Gasteiger partial charge in [0.15, 0.2) is 0 Å². The first-order valence-corrected chi connectivity index (χ1v) is 7.83. The number of halogens is 3. The smallest absolute Gasteiger partial charge is 0.419 e. The molecule has 6 heteroatoms. The van der Waals surface area contributed by atoms with Crippen molar-refractivity contribution in [1.29, 1.82) is 0 Å². The second-order valence-corrected chi connectivity index (χ2v) is 5.41. The summed E-state index contributed by atoms with van der Waals surface area (Å²) in [5, 5.41) is 0. The van der Waals surface area contributed by atoms with E-state index in [1.54, 1.807) is 54.6 Å². The normalized spacial score (nSPS) is 12.1. The number of hydrogen-bond donors (Lipinski definition) is 0. The van der Waals surface area contributed by atoms with Crippen LogP contribution in [0.1, 0.15) is 11.1 Å². The van der Waals surface area contributed by atoms with E-state index < -0.39 is 12.1 Å². The first kappa shape index (κ1) is 17.1. The third-order valence-electron chi connectivity index (χ3n) is 2.91. The van der Waals surface area contributed by atoms with Crippen molar-refractivity contribution >= 4 is 29.6 Å². The zero-order chi connectivity index (χ0) is 16.9. The lowest BCUT2D eigenvalue weighted by atomic mass is 10.1. The van der Waals surface area contributed by atoms with E-state index in [0.717, 1.165) is 4.90 Å². The van der Waals surface area contributed by atoms with E-state index >= 15 is 0 Å². The van der Waals surface area contributed by atoms with E-state index in [2.05, 4.69) is 4.74 Å². The van der Waals surface area contributed by atoms with E-state index in [9.17, 15) is 18.0 Å². The largest absolute Gasteiger partial charge is 0.491 e. The number of thioether (sulfide) groups is 1. The molecule has 2 nitrogen and oxygen atoms in total.